The van der Waals surface area contributed by atoms with Crippen molar-refractivity contribution in [3.63, 3.8) is 0 Å². The number of primary amides is 1. The Morgan fingerprint density at radius 1 is 1.22 bits per heavy atom. The fourth-order valence-corrected chi connectivity index (χ4v) is 3.69. The highest BCUT2D eigenvalue weighted by molar-refractivity contribution is 6.01. The van der Waals surface area contributed by atoms with Crippen molar-refractivity contribution in [2.24, 2.45) is 18.7 Å². The fourth-order valence-electron chi connectivity index (χ4n) is 3.69. The zero-order valence-corrected chi connectivity index (χ0v) is 20.2. The summed E-state index contributed by atoms with van der Waals surface area (Å²) in [4.78, 5) is 28.1. The van der Waals surface area contributed by atoms with Gasteiger partial charge < -0.3 is 25.8 Å². The summed E-state index contributed by atoms with van der Waals surface area (Å²) in [7, 11) is 3.41. The number of nitrogens with two attached hydrogens (primary N) is 1. The van der Waals surface area contributed by atoms with Gasteiger partial charge in [0.2, 0.25) is 5.91 Å². The minimum Gasteiger partial charge on any atom is -0.494 e. The van der Waals surface area contributed by atoms with Crippen LogP contribution in [0, 0.1) is 5.92 Å². The molecule has 1 saturated heterocycles. The molecule has 2 aliphatic rings. The minimum atomic E-state index is -0.676. The average Bonchev–Trinajstić information content (AvgIpc) is 3.46. The number of benzene rings is 1. The smallest absolute Gasteiger partial charge is 0.252 e. The van der Waals surface area contributed by atoms with Crippen LogP contribution < -0.4 is 21.1 Å². The Balaban J connectivity index is 0.000000445. The van der Waals surface area contributed by atoms with E-state index >= 15 is 0 Å². The molecule has 0 spiro atoms. The number of alkyl halides is 1. The summed E-state index contributed by atoms with van der Waals surface area (Å²) in [5.41, 5.74) is 8.51. The molecule has 1 aromatic carbocycles. The largest absolute Gasteiger partial charge is 0.494 e. The minimum absolute atomic E-state index is 0.0373. The van der Waals surface area contributed by atoms with Crippen molar-refractivity contribution in [2.75, 3.05) is 31.0 Å². The number of amides is 2. The first kappa shape index (κ1) is 25.1. The van der Waals surface area contributed by atoms with Crippen molar-refractivity contribution in [1.82, 2.24) is 14.8 Å². The number of anilines is 3. The maximum Gasteiger partial charge on any atom is 0.252 e. The molecule has 11 heteroatoms. The van der Waals surface area contributed by atoms with E-state index in [4.69, 9.17) is 10.5 Å². The summed E-state index contributed by atoms with van der Waals surface area (Å²) in [6.07, 6.45) is 6.67. The Morgan fingerprint density at radius 2 is 2.03 bits per heavy atom. The Kier molecular flexibility index (Phi) is 7.79. The number of hydrogen-bond donors (Lipinski definition) is 3. The molecule has 2 aromatic heterocycles. The predicted molar refractivity (Wildman–Crippen MR) is 133 cm³/mol. The normalized spacial score (nSPS) is 16.6. The molecule has 5 rings (SSSR count). The van der Waals surface area contributed by atoms with Crippen LogP contribution in [0.3, 0.4) is 0 Å². The third-order valence-corrected chi connectivity index (χ3v) is 5.75. The van der Waals surface area contributed by atoms with Gasteiger partial charge in [-0.05, 0) is 18.9 Å². The number of ether oxygens (including phenoxy) is 2. The van der Waals surface area contributed by atoms with Gasteiger partial charge in [-0.25, -0.2) is 9.37 Å². The van der Waals surface area contributed by atoms with Gasteiger partial charge in [-0.15, -0.1) is 0 Å². The van der Waals surface area contributed by atoms with E-state index < -0.39 is 12.1 Å². The van der Waals surface area contributed by atoms with Gasteiger partial charge in [0.1, 0.15) is 17.7 Å². The summed E-state index contributed by atoms with van der Waals surface area (Å²) in [6, 6.07) is 7.21. The lowest BCUT2D eigenvalue weighted by Gasteiger charge is -2.16. The molecule has 190 valence electrons. The van der Waals surface area contributed by atoms with E-state index in [-0.39, 0.29) is 17.4 Å². The first-order chi connectivity index (χ1) is 17.4. The van der Waals surface area contributed by atoms with E-state index in [9.17, 15) is 14.0 Å². The topological polar surface area (TPSA) is 133 Å². The van der Waals surface area contributed by atoms with Gasteiger partial charge in [0, 0.05) is 55.6 Å². The number of carbonyl (C=O) groups excluding carboxylic acids is 2. The Bertz CT molecular complexity index is 1240. The highest BCUT2D eigenvalue weighted by atomic mass is 19.1. The highest BCUT2D eigenvalue weighted by Gasteiger charge is 2.30. The summed E-state index contributed by atoms with van der Waals surface area (Å²) < 4.78 is 23.8. The van der Waals surface area contributed by atoms with Crippen LogP contribution >= 0.6 is 0 Å². The van der Waals surface area contributed by atoms with Gasteiger partial charge >= 0.3 is 0 Å². The van der Waals surface area contributed by atoms with Crippen LogP contribution in [0.1, 0.15) is 29.6 Å². The van der Waals surface area contributed by atoms with E-state index in [1.807, 2.05) is 31.4 Å². The fraction of sp³-hybridized carbons (Fsp3) is 0.360. The molecule has 4 N–H and O–H groups in total. The number of hydrogen-bond acceptors (Lipinski definition) is 7. The van der Waals surface area contributed by atoms with Gasteiger partial charge in [-0.1, -0.05) is 12.1 Å². The molecule has 1 aliphatic carbocycles. The molecule has 3 heterocycles. The van der Waals surface area contributed by atoms with E-state index in [1.165, 1.54) is 6.20 Å². The van der Waals surface area contributed by atoms with Gasteiger partial charge in [0.05, 0.1) is 36.9 Å². The number of para-hydroxylation sites is 1. The number of nitrogens with zero attached hydrogens (tertiary/aromatic N) is 3. The summed E-state index contributed by atoms with van der Waals surface area (Å²) in [5.74, 6) is 0.266. The van der Waals surface area contributed by atoms with Crippen LogP contribution in [0.4, 0.5) is 21.6 Å². The van der Waals surface area contributed by atoms with Gasteiger partial charge in [0.15, 0.2) is 0 Å². The predicted octanol–water partition coefficient (Wildman–Crippen LogP) is 3.43. The second-order valence-electron chi connectivity index (χ2n) is 8.62. The average molecular weight is 497 g/mol. The summed E-state index contributed by atoms with van der Waals surface area (Å²) in [5, 5.41) is 10.2. The molecule has 0 radical (unpaired) electrons. The van der Waals surface area contributed by atoms with Crippen LogP contribution in [-0.2, 0) is 16.6 Å². The molecule has 0 bridgehead atoms. The van der Waals surface area contributed by atoms with Crippen LogP contribution in [0.2, 0.25) is 0 Å². The lowest BCUT2D eigenvalue weighted by molar-refractivity contribution is -0.117. The van der Waals surface area contributed by atoms with Crippen LogP contribution in [0.5, 0.6) is 5.75 Å². The standard InChI is InChI=1S/C21H22N6O3.C4H7FO/c1-27-11-13(9-24-27)14-4-3-5-16(19(14)30-2)25-17-8-18(23-10-15(17)20(22)28)26-21(29)12-6-7-12;5-4-1-2-6-3-4/h3-5,8-12H,6-7H2,1-2H3,(H2,22,28)(H2,23,25,26,29);4H,1-3H2. The first-order valence-electron chi connectivity index (χ1n) is 11.6. The molecular weight excluding hydrogens is 467 g/mol. The summed E-state index contributed by atoms with van der Waals surface area (Å²) in [6.45, 7) is 0.932. The Labute approximate surface area is 208 Å². The third-order valence-electron chi connectivity index (χ3n) is 5.75. The molecular formula is C25H29FN6O4. The van der Waals surface area contributed by atoms with E-state index in [0.29, 0.717) is 42.6 Å². The Morgan fingerprint density at radius 3 is 2.58 bits per heavy atom. The molecule has 1 atom stereocenters. The zero-order chi connectivity index (χ0) is 25.7. The number of aryl methyl sites for hydroxylation is 1. The highest BCUT2D eigenvalue weighted by Crippen LogP contribution is 2.38. The van der Waals surface area contributed by atoms with Crippen molar-refractivity contribution in [1.29, 1.82) is 0 Å². The van der Waals surface area contributed by atoms with Crippen molar-refractivity contribution in [3.8, 4) is 16.9 Å². The molecule has 10 nitrogen and oxygen atoms in total. The summed E-state index contributed by atoms with van der Waals surface area (Å²) >= 11 is 0. The molecule has 3 aromatic rings. The molecule has 1 aliphatic heterocycles. The monoisotopic (exact) mass is 496 g/mol. The number of pyridine rings is 1. The van der Waals surface area contributed by atoms with Gasteiger partial charge in [0.25, 0.3) is 5.91 Å². The lowest BCUT2D eigenvalue weighted by atomic mass is 10.1. The number of halogens is 1. The van der Waals surface area contributed by atoms with Crippen molar-refractivity contribution >= 4 is 29.0 Å². The van der Waals surface area contributed by atoms with E-state index in [2.05, 4.69) is 25.5 Å². The molecule has 2 fully saturated rings. The third kappa shape index (κ3) is 6.16. The maximum absolute atomic E-state index is 12.1. The quantitative estimate of drug-likeness (QED) is 0.456. The van der Waals surface area contributed by atoms with Crippen molar-refractivity contribution in [2.45, 2.75) is 25.4 Å². The van der Waals surface area contributed by atoms with Gasteiger partial charge in [-0.3, -0.25) is 14.3 Å². The van der Waals surface area contributed by atoms with E-state index in [0.717, 1.165) is 24.0 Å². The van der Waals surface area contributed by atoms with Crippen molar-refractivity contribution in [3.05, 3.63) is 48.4 Å². The molecule has 2 amide bonds. The molecule has 36 heavy (non-hydrogen) atoms. The number of carbonyl (C=O) groups is 2. The second kappa shape index (κ2) is 11.2. The maximum atomic E-state index is 12.1. The molecule has 1 unspecified atom stereocenters. The molecule has 1 saturated carbocycles. The first-order valence-corrected chi connectivity index (χ1v) is 11.6. The zero-order valence-electron chi connectivity index (χ0n) is 20.2. The number of aromatic nitrogens is 3. The van der Waals surface area contributed by atoms with Crippen LogP contribution in [0.15, 0.2) is 42.9 Å². The van der Waals surface area contributed by atoms with Gasteiger partial charge in [-0.2, -0.15) is 5.10 Å². The van der Waals surface area contributed by atoms with Crippen LogP contribution in [0.25, 0.3) is 11.1 Å². The van der Waals surface area contributed by atoms with E-state index in [1.54, 1.807) is 24.1 Å². The lowest BCUT2D eigenvalue weighted by Crippen LogP contribution is -2.17. The Hall–Kier alpha value is -3.99. The number of rotatable bonds is 7. The number of methoxy groups -OCH3 is 1. The second-order valence-corrected chi connectivity index (χ2v) is 8.62. The number of nitrogens with one attached hydrogen (secondary N) is 2. The van der Waals surface area contributed by atoms with Crippen LogP contribution in [-0.4, -0.2) is 53.1 Å². The SMILES string of the molecule is COc1c(Nc2cc(NC(=O)C3CC3)ncc2C(N)=O)cccc1-c1cnn(C)c1.FC1CCOC1. The van der Waals surface area contributed by atoms with Crippen molar-refractivity contribution < 1.29 is 23.5 Å².